The summed E-state index contributed by atoms with van der Waals surface area (Å²) in [6, 6.07) is 22.7. The lowest BCUT2D eigenvalue weighted by molar-refractivity contribution is 0.0774. The number of hydrogen-bond donors (Lipinski definition) is 0. The molecule has 1 aliphatic heterocycles. The standard InChI is InChI=1S/C28H22Cl2N2O4/c1-34-21-13-14-22(24(16-21)35-2)27-31-25(17-5-9-19(29)10-6-17)26(18-7-11-20(30)12-8-18)32(27)28(33)23-4-3-15-36-23/h3-16,25-26H,1-2H3. The first-order valence-electron chi connectivity index (χ1n) is 11.2. The predicted molar refractivity (Wildman–Crippen MR) is 139 cm³/mol. The Morgan fingerprint density at radius 2 is 1.56 bits per heavy atom. The fourth-order valence-corrected chi connectivity index (χ4v) is 4.62. The van der Waals surface area contributed by atoms with Gasteiger partial charge in [0, 0.05) is 16.1 Å². The van der Waals surface area contributed by atoms with Crippen LogP contribution >= 0.6 is 23.2 Å². The van der Waals surface area contributed by atoms with Crippen LogP contribution in [0.1, 0.15) is 39.3 Å². The Morgan fingerprint density at radius 1 is 0.889 bits per heavy atom. The van der Waals surface area contributed by atoms with E-state index in [4.69, 9.17) is 42.1 Å². The number of amides is 1. The summed E-state index contributed by atoms with van der Waals surface area (Å²) in [7, 11) is 3.15. The molecule has 3 aromatic carbocycles. The van der Waals surface area contributed by atoms with E-state index in [-0.39, 0.29) is 11.7 Å². The largest absolute Gasteiger partial charge is 0.497 e. The van der Waals surface area contributed by atoms with Crippen molar-refractivity contribution in [1.29, 1.82) is 0 Å². The number of halogens is 2. The number of carbonyl (C=O) groups excluding carboxylic acids is 1. The van der Waals surface area contributed by atoms with Gasteiger partial charge in [-0.3, -0.25) is 14.7 Å². The van der Waals surface area contributed by atoms with E-state index in [1.807, 2.05) is 48.5 Å². The van der Waals surface area contributed by atoms with Crippen LogP contribution in [0.5, 0.6) is 11.5 Å². The van der Waals surface area contributed by atoms with Gasteiger partial charge in [-0.1, -0.05) is 47.5 Å². The molecule has 6 nitrogen and oxygen atoms in total. The number of methoxy groups -OCH3 is 2. The molecule has 0 aliphatic carbocycles. The number of aliphatic imine (C=N–C) groups is 1. The topological polar surface area (TPSA) is 64.3 Å². The summed E-state index contributed by atoms with van der Waals surface area (Å²) < 4.78 is 16.6. The fraction of sp³-hybridized carbons (Fsp3) is 0.143. The Morgan fingerprint density at radius 3 is 2.14 bits per heavy atom. The number of furan rings is 1. The number of carbonyl (C=O) groups is 1. The third-order valence-corrected chi connectivity index (χ3v) is 6.59. The van der Waals surface area contributed by atoms with Gasteiger partial charge in [0.2, 0.25) is 0 Å². The van der Waals surface area contributed by atoms with Crippen molar-refractivity contribution in [2.45, 2.75) is 12.1 Å². The minimum Gasteiger partial charge on any atom is -0.497 e. The molecule has 4 aromatic rings. The quantitative estimate of drug-likeness (QED) is 0.274. The molecule has 1 amide bonds. The molecule has 1 aromatic heterocycles. The van der Waals surface area contributed by atoms with E-state index in [0.717, 1.165) is 11.1 Å². The SMILES string of the molecule is COc1ccc(C2=NC(c3ccc(Cl)cc3)C(c3ccc(Cl)cc3)N2C(=O)c2ccco2)c(OC)c1. The van der Waals surface area contributed by atoms with E-state index in [9.17, 15) is 4.79 Å². The van der Waals surface area contributed by atoms with E-state index < -0.39 is 12.1 Å². The highest BCUT2D eigenvalue weighted by Gasteiger charge is 2.44. The summed E-state index contributed by atoms with van der Waals surface area (Å²) in [6.45, 7) is 0. The van der Waals surface area contributed by atoms with Crippen molar-refractivity contribution in [3.8, 4) is 11.5 Å². The lowest BCUT2D eigenvalue weighted by Crippen LogP contribution is -2.37. The Bertz CT molecular complexity index is 1400. The molecule has 0 spiro atoms. The van der Waals surface area contributed by atoms with Gasteiger partial charge >= 0.3 is 0 Å². The van der Waals surface area contributed by atoms with Crippen molar-refractivity contribution in [3.05, 3.63) is 118 Å². The van der Waals surface area contributed by atoms with Crippen LogP contribution in [-0.4, -0.2) is 30.9 Å². The summed E-state index contributed by atoms with van der Waals surface area (Å²) in [5, 5.41) is 1.21. The van der Waals surface area contributed by atoms with E-state index in [1.54, 1.807) is 49.5 Å². The van der Waals surface area contributed by atoms with Crippen molar-refractivity contribution in [3.63, 3.8) is 0 Å². The van der Waals surface area contributed by atoms with Gasteiger partial charge in [0.1, 0.15) is 23.4 Å². The molecule has 1 aliphatic rings. The maximum absolute atomic E-state index is 13.9. The van der Waals surface area contributed by atoms with E-state index >= 15 is 0 Å². The zero-order valence-electron chi connectivity index (χ0n) is 19.5. The van der Waals surface area contributed by atoms with Gasteiger partial charge in [-0.15, -0.1) is 0 Å². The Kier molecular flexibility index (Phi) is 6.72. The Balaban J connectivity index is 1.73. The average Bonchev–Trinajstić information content (AvgIpc) is 3.58. The summed E-state index contributed by atoms with van der Waals surface area (Å²) in [5.41, 5.74) is 2.41. The fourth-order valence-electron chi connectivity index (χ4n) is 4.37. The number of nitrogens with zero attached hydrogens (tertiary/aromatic N) is 2. The molecule has 8 heteroatoms. The highest BCUT2D eigenvalue weighted by atomic mass is 35.5. The molecule has 5 rings (SSSR count). The minimum absolute atomic E-state index is 0.200. The molecule has 0 saturated heterocycles. The van der Waals surface area contributed by atoms with Crippen LogP contribution in [0.2, 0.25) is 10.0 Å². The van der Waals surface area contributed by atoms with Gasteiger partial charge in [0.05, 0.1) is 32.1 Å². The molecule has 0 saturated carbocycles. The monoisotopic (exact) mass is 520 g/mol. The first-order chi connectivity index (χ1) is 17.5. The lowest BCUT2D eigenvalue weighted by atomic mass is 9.93. The smallest absolute Gasteiger partial charge is 0.295 e. The third-order valence-electron chi connectivity index (χ3n) is 6.09. The number of amidine groups is 1. The van der Waals surface area contributed by atoms with Crippen LogP contribution in [0.25, 0.3) is 0 Å². The molecule has 0 radical (unpaired) electrons. The van der Waals surface area contributed by atoms with Crippen molar-refractivity contribution in [1.82, 2.24) is 4.90 Å². The molecular weight excluding hydrogens is 499 g/mol. The number of ether oxygens (including phenoxy) is 2. The van der Waals surface area contributed by atoms with Gasteiger partial charge in [0.25, 0.3) is 5.91 Å². The summed E-state index contributed by atoms with van der Waals surface area (Å²) in [5.74, 6) is 1.48. The van der Waals surface area contributed by atoms with Crippen LogP contribution in [0.3, 0.4) is 0 Å². The highest BCUT2D eigenvalue weighted by molar-refractivity contribution is 6.30. The van der Waals surface area contributed by atoms with Gasteiger partial charge in [-0.05, 0) is 59.7 Å². The molecule has 0 N–H and O–H groups in total. The van der Waals surface area contributed by atoms with E-state index in [2.05, 4.69) is 0 Å². The first kappa shape index (κ1) is 24.0. The summed E-state index contributed by atoms with van der Waals surface area (Å²) in [6.07, 6.45) is 1.47. The van der Waals surface area contributed by atoms with Crippen molar-refractivity contribution >= 4 is 34.9 Å². The summed E-state index contributed by atoms with van der Waals surface area (Å²) >= 11 is 12.4. The first-order valence-corrected chi connectivity index (χ1v) is 11.9. The second kappa shape index (κ2) is 10.1. The third kappa shape index (κ3) is 4.45. The highest BCUT2D eigenvalue weighted by Crippen LogP contribution is 2.45. The molecule has 0 bridgehead atoms. The second-order valence-corrected chi connectivity index (χ2v) is 9.04. The number of rotatable bonds is 6. The lowest BCUT2D eigenvalue weighted by Gasteiger charge is -2.29. The second-order valence-electron chi connectivity index (χ2n) is 8.16. The molecule has 2 unspecified atom stereocenters. The van der Waals surface area contributed by atoms with Crippen molar-refractivity contribution < 1.29 is 18.7 Å². The molecule has 2 atom stereocenters. The van der Waals surface area contributed by atoms with Crippen LogP contribution in [0, 0.1) is 0 Å². The van der Waals surface area contributed by atoms with Gasteiger partial charge in [0.15, 0.2) is 5.76 Å². The molecule has 182 valence electrons. The number of benzene rings is 3. The average molecular weight is 521 g/mol. The summed E-state index contributed by atoms with van der Waals surface area (Å²) in [4.78, 5) is 20.7. The van der Waals surface area contributed by atoms with E-state index in [1.165, 1.54) is 6.26 Å². The Hall–Kier alpha value is -3.74. The van der Waals surface area contributed by atoms with Crippen LogP contribution < -0.4 is 9.47 Å². The van der Waals surface area contributed by atoms with Crippen LogP contribution in [0.4, 0.5) is 0 Å². The van der Waals surface area contributed by atoms with Crippen molar-refractivity contribution in [2.75, 3.05) is 14.2 Å². The molecule has 36 heavy (non-hydrogen) atoms. The van der Waals surface area contributed by atoms with Gasteiger partial charge in [-0.25, -0.2) is 0 Å². The van der Waals surface area contributed by atoms with Gasteiger partial charge < -0.3 is 13.9 Å². The van der Waals surface area contributed by atoms with Crippen LogP contribution in [0.15, 0.2) is 94.5 Å². The molecule has 0 fully saturated rings. The van der Waals surface area contributed by atoms with Gasteiger partial charge in [-0.2, -0.15) is 0 Å². The van der Waals surface area contributed by atoms with E-state index in [0.29, 0.717) is 32.9 Å². The predicted octanol–water partition coefficient (Wildman–Crippen LogP) is 6.99. The normalized spacial score (nSPS) is 17.1. The maximum Gasteiger partial charge on any atom is 0.295 e. The zero-order chi connectivity index (χ0) is 25.2. The molecule has 2 heterocycles. The maximum atomic E-state index is 13.9. The van der Waals surface area contributed by atoms with Crippen LogP contribution in [-0.2, 0) is 0 Å². The molecular formula is C28H22Cl2N2O4. The Labute approximate surface area is 218 Å². The van der Waals surface area contributed by atoms with Crippen molar-refractivity contribution in [2.24, 2.45) is 4.99 Å². The minimum atomic E-state index is -0.483. The zero-order valence-corrected chi connectivity index (χ0v) is 21.0. The number of hydrogen-bond acceptors (Lipinski definition) is 5.